The molecule has 0 radical (unpaired) electrons. The molecular weight excluding hydrogens is 370 g/mol. The lowest BCUT2D eigenvalue weighted by Gasteiger charge is -2.26. The number of hydrogen-bond donors (Lipinski definition) is 2. The van der Waals surface area contributed by atoms with Crippen molar-refractivity contribution in [2.24, 2.45) is 0 Å². The summed E-state index contributed by atoms with van der Waals surface area (Å²) in [5.41, 5.74) is 0.496. The van der Waals surface area contributed by atoms with E-state index < -0.39 is 15.7 Å². The molecule has 0 aliphatic carbocycles. The molecule has 2 N–H and O–H groups in total. The zero-order chi connectivity index (χ0) is 19.9. The molecule has 148 valence electrons. The molecule has 0 spiro atoms. The van der Waals surface area contributed by atoms with Gasteiger partial charge in [0.1, 0.15) is 0 Å². The van der Waals surface area contributed by atoms with Crippen LogP contribution in [-0.2, 0) is 24.2 Å². The minimum Gasteiger partial charge on any atom is -0.347 e. The number of benzene rings is 1. The molecule has 1 heterocycles. The summed E-state index contributed by atoms with van der Waals surface area (Å²) in [7, 11) is -3.63. The van der Waals surface area contributed by atoms with Gasteiger partial charge in [-0.25, -0.2) is 8.42 Å². The molecule has 0 saturated carbocycles. The summed E-state index contributed by atoms with van der Waals surface area (Å²) >= 11 is 0. The lowest BCUT2D eigenvalue weighted by Crippen LogP contribution is -2.42. The summed E-state index contributed by atoms with van der Waals surface area (Å²) in [5, 5.41) is 5.05. The van der Waals surface area contributed by atoms with Crippen molar-refractivity contribution in [1.29, 1.82) is 0 Å². The molecular formula is C18H25N3O5S. The minimum absolute atomic E-state index is 0.0776. The van der Waals surface area contributed by atoms with E-state index in [2.05, 4.69) is 10.6 Å². The number of carbonyl (C=O) groups is 3. The highest BCUT2D eigenvalue weighted by Gasteiger charge is 2.19. The Bertz CT molecular complexity index is 784. The number of likely N-dealkylation sites (tertiary alicyclic amines) is 1. The standard InChI is InChI=1S/C18H25N3O5S/c1-14(22)20-15-5-7-16(8-6-15)27(25,26)12-9-17(23)19-13-18(24)21-10-3-2-4-11-21/h5-8H,2-4,9-13H2,1H3,(H,19,23)(H,20,22). The van der Waals surface area contributed by atoms with Crippen LogP contribution in [0.15, 0.2) is 29.2 Å². The maximum absolute atomic E-state index is 12.3. The van der Waals surface area contributed by atoms with Crippen LogP contribution < -0.4 is 10.6 Å². The van der Waals surface area contributed by atoms with Crippen LogP contribution in [0.1, 0.15) is 32.6 Å². The number of rotatable bonds is 7. The zero-order valence-electron chi connectivity index (χ0n) is 15.4. The van der Waals surface area contributed by atoms with Gasteiger partial charge < -0.3 is 15.5 Å². The summed E-state index contributed by atoms with van der Waals surface area (Å²) in [4.78, 5) is 36.7. The molecule has 1 fully saturated rings. The minimum atomic E-state index is -3.63. The van der Waals surface area contributed by atoms with Gasteiger partial charge in [0.2, 0.25) is 17.7 Å². The molecule has 0 atom stereocenters. The third-order valence-corrected chi connectivity index (χ3v) is 6.01. The Morgan fingerprint density at radius 2 is 1.67 bits per heavy atom. The smallest absolute Gasteiger partial charge is 0.241 e. The Labute approximate surface area is 159 Å². The van der Waals surface area contributed by atoms with Gasteiger partial charge in [-0.15, -0.1) is 0 Å². The Kier molecular flexibility index (Phi) is 7.35. The molecule has 8 nitrogen and oxygen atoms in total. The molecule has 0 unspecified atom stereocenters. The van der Waals surface area contributed by atoms with Crippen LogP contribution in [0, 0.1) is 0 Å². The Morgan fingerprint density at radius 3 is 2.26 bits per heavy atom. The van der Waals surface area contributed by atoms with Gasteiger partial charge in [-0.3, -0.25) is 14.4 Å². The van der Waals surface area contributed by atoms with Crippen molar-refractivity contribution >= 4 is 33.2 Å². The number of amides is 3. The van der Waals surface area contributed by atoms with Crippen molar-refractivity contribution in [2.75, 3.05) is 30.7 Å². The van der Waals surface area contributed by atoms with E-state index in [1.165, 1.54) is 31.2 Å². The SMILES string of the molecule is CC(=O)Nc1ccc(S(=O)(=O)CCC(=O)NCC(=O)N2CCCCC2)cc1. The third-order valence-electron chi connectivity index (χ3n) is 4.28. The van der Waals surface area contributed by atoms with Gasteiger partial charge in [-0.05, 0) is 43.5 Å². The Hall–Kier alpha value is -2.42. The first-order valence-corrected chi connectivity index (χ1v) is 10.6. The van der Waals surface area contributed by atoms with E-state index in [0.717, 1.165) is 19.3 Å². The van der Waals surface area contributed by atoms with Gasteiger partial charge in [0.05, 0.1) is 17.2 Å². The second-order valence-corrected chi connectivity index (χ2v) is 8.60. The maximum atomic E-state index is 12.3. The van der Waals surface area contributed by atoms with Crippen molar-refractivity contribution in [3.05, 3.63) is 24.3 Å². The number of anilines is 1. The lowest BCUT2D eigenvalue weighted by atomic mass is 10.1. The second-order valence-electron chi connectivity index (χ2n) is 6.49. The van der Waals surface area contributed by atoms with Crippen LogP contribution in [0.5, 0.6) is 0 Å². The number of nitrogens with one attached hydrogen (secondary N) is 2. The van der Waals surface area contributed by atoms with Gasteiger partial charge in [-0.1, -0.05) is 0 Å². The maximum Gasteiger partial charge on any atom is 0.241 e. The van der Waals surface area contributed by atoms with E-state index >= 15 is 0 Å². The number of nitrogens with zero attached hydrogens (tertiary/aromatic N) is 1. The molecule has 1 saturated heterocycles. The van der Waals surface area contributed by atoms with Crippen molar-refractivity contribution < 1.29 is 22.8 Å². The predicted molar refractivity (Wildman–Crippen MR) is 101 cm³/mol. The van der Waals surface area contributed by atoms with E-state index in [1.807, 2.05) is 0 Å². The van der Waals surface area contributed by atoms with E-state index in [-0.39, 0.29) is 35.4 Å². The Balaban J connectivity index is 1.80. The first kappa shape index (κ1) is 20.9. The second kappa shape index (κ2) is 9.50. The summed E-state index contributed by atoms with van der Waals surface area (Å²) in [6.45, 7) is 2.67. The largest absolute Gasteiger partial charge is 0.347 e. The highest BCUT2D eigenvalue weighted by atomic mass is 32.2. The van der Waals surface area contributed by atoms with Crippen molar-refractivity contribution in [3.8, 4) is 0 Å². The fourth-order valence-electron chi connectivity index (χ4n) is 2.81. The number of hydrogen-bond acceptors (Lipinski definition) is 5. The first-order valence-electron chi connectivity index (χ1n) is 8.93. The number of sulfone groups is 1. The van der Waals surface area contributed by atoms with Crippen LogP contribution in [0.25, 0.3) is 0 Å². The monoisotopic (exact) mass is 395 g/mol. The van der Waals surface area contributed by atoms with Crippen LogP contribution >= 0.6 is 0 Å². The number of piperidine rings is 1. The molecule has 1 aromatic rings. The van der Waals surface area contributed by atoms with Gasteiger partial charge in [-0.2, -0.15) is 0 Å². The van der Waals surface area contributed by atoms with Gasteiger partial charge in [0.25, 0.3) is 0 Å². The van der Waals surface area contributed by atoms with Crippen molar-refractivity contribution in [2.45, 2.75) is 37.5 Å². The molecule has 0 bridgehead atoms. The molecule has 2 rings (SSSR count). The molecule has 1 aliphatic rings. The van der Waals surface area contributed by atoms with Gasteiger partial charge in [0, 0.05) is 32.1 Å². The highest BCUT2D eigenvalue weighted by Crippen LogP contribution is 2.16. The fraction of sp³-hybridized carbons (Fsp3) is 0.500. The predicted octanol–water partition coefficient (Wildman–Crippen LogP) is 0.937. The van der Waals surface area contributed by atoms with E-state index in [9.17, 15) is 22.8 Å². The first-order chi connectivity index (χ1) is 12.8. The van der Waals surface area contributed by atoms with Crippen LogP contribution in [0.4, 0.5) is 5.69 Å². The summed E-state index contributed by atoms with van der Waals surface area (Å²) in [5.74, 6) is -1.21. The summed E-state index contributed by atoms with van der Waals surface area (Å²) in [6.07, 6.45) is 2.83. The van der Waals surface area contributed by atoms with Crippen LogP contribution in [0.2, 0.25) is 0 Å². The van der Waals surface area contributed by atoms with Crippen molar-refractivity contribution in [3.63, 3.8) is 0 Å². The summed E-state index contributed by atoms with van der Waals surface area (Å²) < 4.78 is 24.6. The average molecular weight is 395 g/mol. The Morgan fingerprint density at radius 1 is 1.04 bits per heavy atom. The topological polar surface area (TPSA) is 113 Å². The molecule has 1 aliphatic heterocycles. The number of carbonyl (C=O) groups excluding carboxylic acids is 3. The molecule has 0 aromatic heterocycles. The average Bonchev–Trinajstić information content (AvgIpc) is 2.65. The van der Waals surface area contributed by atoms with Crippen molar-refractivity contribution in [1.82, 2.24) is 10.2 Å². The third kappa shape index (κ3) is 6.67. The molecule has 1 aromatic carbocycles. The van der Waals surface area contributed by atoms with E-state index in [1.54, 1.807) is 4.90 Å². The van der Waals surface area contributed by atoms with Crippen LogP contribution in [-0.4, -0.2) is 56.4 Å². The fourth-order valence-corrected chi connectivity index (χ4v) is 4.05. The van der Waals surface area contributed by atoms with E-state index in [4.69, 9.17) is 0 Å². The summed E-state index contributed by atoms with van der Waals surface area (Å²) in [6, 6.07) is 5.76. The quantitative estimate of drug-likeness (QED) is 0.713. The normalized spacial score (nSPS) is 14.5. The van der Waals surface area contributed by atoms with Gasteiger partial charge in [0.15, 0.2) is 9.84 Å². The molecule has 3 amide bonds. The highest BCUT2D eigenvalue weighted by molar-refractivity contribution is 7.91. The lowest BCUT2D eigenvalue weighted by molar-refractivity contribution is -0.133. The molecule has 9 heteroatoms. The van der Waals surface area contributed by atoms with Crippen LogP contribution in [0.3, 0.4) is 0 Å². The van der Waals surface area contributed by atoms with Gasteiger partial charge >= 0.3 is 0 Å². The van der Waals surface area contributed by atoms with E-state index in [0.29, 0.717) is 18.8 Å². The zero-order valence-corrected chi connectivity index (χ0v) is 16.2. The molecule has 27 heavy (non-hydrogen) atoms.